The van der Waals surface area contributed by atoms with Gasteiger partial charge in [0.15, 0.2) is 0 Å². The van der Waals surface area contributed by atoms with Crippen molar-refractivity contribution in [1.29, 1.82) is 0 Å². The standard InChI is InChI=1S/C17H17BrClNO4/c1-9-5-14(15(23-3)8-13(9)19)20-17(21)11-6-10(22-2)7-12(18)16(11)24-4/h5-8H,1-4H3,(H,20,21). The van der Waals surface area contributed by atoms with Gasteiger partial charge in [-0.25, -0.2) is 0 Å². The third-order valence-corrected chi connectivity index (χ3v) is 4.43. The molecular formula is C17H17BrClNO4. The number of hydrogen-bond donors (Lipinski definition) is 1. The zero-order valence-corrected chi connectivity index (χ0v) is 16.0. The van der Waals surface area contributed by atoms with E-state index in [-0.39, 0.29) is 5.91 Å². The second-order valence-corrected chi connectivity index (χ2v) is 6.21. The quantitative estimate of drug-likeness (QED) is 0.771. The smallest absolute Gasteiger partial charge is 0.259 e. The van der Waals surface area contributed by atoms with Gasteiger partial charge in [-0.05, 0) is 46.6 Å². The summed E-state index contributed by atoms with van der Waals surface area (Å²) in [5.41, 5.74) is 1.68. The van der Waals surface area contributed by atoms with E-state index in [1.54, 1.807) is 24.3 Å². The SMILES string of the molecule is COc1cc(Br)c(OC)c(C(=O)Nc2cc(C)c(Cl)cc2OC)c1. The van der Waals surface area contributed by atoms with Crippen LogP contribution in [0.15, 0.2) is 28.7 Å². The molecule has 0 saturated heterocycles. The van der Waals surface area contributed by atoms with Crippen LogP contribution in [0.2, 0.25) is 5.02 Å². The fourth-order valence-electron chi connectivity index (χ4n) is 2.18. The summed E-state index contributed by atoms with van der Waals surface area (Å²) >= 11 is 9.47. The molecule has 0 aliphatic heterocycles. The lowest BCUT2D eigenvalue weighted by Crippen LogP contribution is -2.14. The van der Waals surface area contributed by atoms with E-state index in [1.165, 1.54) is 21.3 Å². The molecule has 7 heteroatoms. The second kappa shape index (κ2) is 7.77. The number of methoxy groups -OCH3 is 3. The van der Waals surface area contributed by atoms with Crippen LogP contribution in [0.5, 0.6) is 17.2 Å². The molecule has 0 unspecified atom stereocenters. The van der Waals surface area contributed by atoms with Gasteiger partial charge in [0.05, 0.1) is 37.1 Å². The van der Waals surface area contributed by atoms with Crippen molar-refractivity contribution >= 4 is 39.1 Å². The first-order chi connectivity index (χ1) is 11.4. The van der Waals surface area contributed by atoms with E-state index in [0.717, 1.165) is 5.56 Å². The number of nitrogens with one attached hydrogen (secondary N) is 1. The molecule has 2 aromatic rings. The summed E-state index contributed by atoms with van der Waals surface area (Å²) in [6, 6.07) is 6.74. The summed E-state index contributed by atoms with van der Waals surface area (Å²) in [5.74, 6) is 1.07. The first-order valence-corrected chi connectivity index (χ1v) is 8.15. The zero-order valence-electron chi connectivity index (χ0n) is 13.7. The molecule has 24 heavy (non-hydrogen) atoms. The van der Waals surface area contributed by atoms with Gasteiger partial charge in [-0.1, -0.05) is 11.6 Å². The topological polar surface area (TPSA) is 56.8 Å². The number of rotatable bonds is 5. The van der Waals surface area contributed by atoms with E-state index >= 15 is 0 Å². The Morgan fingerprint density at radius 2 is 1.79 bits per heavy atom. The summed E-state index contributed by atoms with van der Waals surface area (Å²) in [5, 5.41) is 3.38. The van der Waals surface area contributed by atoms with Crippen LogP contribution < -0.4 is 19.5 Å². The molecule has 0 aliphatic carbocycles. The first kappa shape index (κ1) is 18.4. The van der Waals surface area contributed by atoms with Crippen molar-refractivity contribution in [1.82, 2.24) is 0 Å². The molecule has 0 bridgehead atoms. The summed E-state index contributed by atoms with van der Waals surface area (Å²) < 4.78 is 16.4. The van der Waals surface area contributed by atoms with Gasteiger partial charge in [-0.2, -0.15) is 0 Å². The molecule has 2 aromatic carbocycles. The van der Waals surface area contributed by atoms with Gasteiger partial charge in [0, 0.05) is 11.1 Å². The molecule has 1 N–H and O–H groups in total. The number of carbonyl (C=O) groups excluding carboxylic acids is 1. The van der Waals surface area contributed by atoms with E-state index in [9.17, 15) is 4.79 Å². The largest absolute Gasteiger partial charge is 0.497 e. The van der Waals surface area contributed by atoms with E-state index in [4.69, 9.17) is 25.8 Å². The Bertz CT molecular complexity index is 780. The maximum Gasteiger partial charge on any atom is 0.259 e. The van der Waals surface area contributed by atoms with E-state index in [1.807, 2.05) is 6.92 Å². The highest BCUT2D eigenvalue weighted by atomic mass is 79.9. The number of ether oxygens (including phenoxy) is 3. The fourth-order valence-corrected chi connectivity index (χ4v) is 2.94. The van der Waals surface area contributed by atoms with Crippen molar-refractivity contribution < 1.29 is 19.0 Å². The Hall–Kier alpha value is -1.92. The normalized spacial score (nSPS) is 10.2. The van der Waals surface area contributed by atoms with Crippen LogP contribution in [0, 0.1) is 6.92 Å². The highest BCUT2D eigenvalue weighted by molar-refractivity contribution is 9.10. The Morgan fingerprint density at radius 3 is 2.38 bits per heavy atom. The minimum atomic E-state index is -0.355. The molecule has 0 heterocycles. The van der Waals surface area contributed by atoms with Crippen molar-refractivity contribution in [3.8, 4) is 17.2 Å². The molecule has 0 aromatic heterocycles. The average Bonchev–Trinajstić information content (AvgIpc) is 2.56. The van der Waals surface area contributed by atoms with E-state index in [0.29, 0.717) is 38.0 Å². The lowest BCUT2D eigenvalue weighted by atomic mass is 10.1. The molecular weight excluding hydrogens is 398 g/mol. The van der Waals surface area contributed by atoms with Crippen molar-refractivity contribution in [3.05, 3.63) is 44.9 Å². The van der Waals surface area contributed by atoms with Gasteiger partial charge in [-0.15, -0.1) is 0 Å². The number of benzene rings is 2. The highest BCUT2D eigenvalue weighted by Crippen LogP contribution is 2.35. The van der Waals surface area contributed by atoms with Crippen LogP contribution in [0.25, 0.3) is 0 Å². The van der Waals surface area contributed by atoms with Crippen LogP contribution in [-0.2, 0) is 0 Å². The van der Waals surface area contributed by atoms with Gasteiger partial charge in [-0.3, -0.25) is 4.79 Å². The van der Waals surface area contributed by atoms with Crippen molar-refractivity contribution in [3.63, 3.8) is 0 Å². The lowest BCUT2D eigenvalue weighted by Gasteiger charge is -2.15. The number of anilines is 1. The Morgan fingerprint density at radius 1 is 1.08 bits per heavy atom. The van der Waals surface area contributed by atoms with Crippen molar-refractivity contribution in [2.24, 2.45) is 0 Å². The van der Waals surface area contributed by atoms with Crippen LogP contribution in [0.1, 0.15) is 15.9 Å². The molecule has 0 fully saturated rings. The van der Waals surface area contributed by atoms with Gasteiger partial charge < -0.3 is 19.5 Å². The summed E-state index contributed by atoms with van der Waals surface area (Å²) in [7, 11) is 4.54. The maximum absolute atomic E-state index is 12.7. The predicted octanol–water partition coefficient (Wildman–Crippen LogP) is 4.69. The molecule has 0 saturated carbocycles. The third kappa shape index (κ3) is 3.76. The molecule has 2 rings (SSSR count). The molecule has 1 amide bonds. The number of halogens is 2. The second-order valence-electron chi connectivity index (χ2n) is 4.95. The van der Waals surface area contributed by atoms with Crippen LogP contribution >= 0.6 is 27.5 Å². The monoisotopic (exact) mass is 413 g/mol. The minimum absolute atomic E-state index is 0.332. The highest BCUT2D eigenvalue weighted by Gasteiger charge is 2.19. The predicted molar refractivity (Wildman–Crippen MR) is 97.9 cm³/mol. The molecule has 0 atom stereocenters. The first-order valence-electron chi connectivity index (χ1n) is 6.98. The molecule has 0 radical (unpaired) electrons. The Balaban J connectivity index is 2.44. The number of aryl methyl sites for hydroxylation is 1. The summed E-state index contributed by atoms with van der Waals surface area (Å²) in [6.45, 7) is 1.85. The van der Waals surface area contributed by atoms with Gasteiger partial charge >= 0.3 is 0 Å². The van der Waals surface area contributed by atoms with Crippen LogP contribution in [0.4, 0.5) is 5.69 Å². The van der Waals surface area contributed by atoms with Gasteiger partial charge in [0.1, 0.15) is 17.2 Å². The summed E-state index contributed by atoms with van der Waals surface area (Å²) in [6.07, 6.45) is 0. The lowest BCUT2D eigenvalue weighted by molar-refractivity contribution is 0.102. The number of amides is 1. The maximum atomic E-state index is 12.7. The molecule has 5 nitrogen and oxygen atoms in total. The van der Waals surface area contributed by atoms with E-state index < -0.39 is 0 Å². The Labute approximate surface area is 154 Å². The molecule has 0 aliphatic rings. The van der Waals surface area contributed by atoms with Crippen molar-refractivity contribution in [2.75, 3.05) is 26.6 Å². The van der Waals surface area contributed by atoms with Crippen LogP contribution in [0.3, 0.4) is 0 Å². The molecule has 0 spiro atoms. The number of hydrogen-bond acceptors (Lipinski definition) is 4. The van der Waals surface area contributed by atoms with Crippen molar-refractivity contribution in [2.45, 2.75) is 6.92 Å². The van der Waals surface area contributed by atoms with Gasteiger partial charge in [0.2, 0.25) is 0 Å². The fraction of sp³-hybridized carbons (Fsp3) is 0.235. The van der Waals surface area contributed by atoms with Crippen LogP contribution in [-0.4, -0.2) is 27.2 Å². The number of carbonyl (C=O) groups is 1. The molecule has 128 valence electrons. The van der Waals surface area contributed by atoms with E-state index in [2.05, 4.69) is 21.2 Å². The average molecular weight is 415 g/mol. The minimum Gasteiger partial charge on any atom is -0.497 e. The zero-order chi connectivity index (χ0) is 17.9. The van der Waals surface area contributed by atoms with Gasteiger partial charge in [0.25, 0.3) is 5.91 Å². The Kier molecular flexibility index (Phi) is 5.96. The summed E-state index contributed by atoms with van der Waals surface area (Å²) in [4.78, 5) is 12.7. The third-order valence-electron chi connectivity index (χ3n) is 3.43.